The molecule has 4 rings (SSSR count). The highest BCUT2D eigenvalue weighted by Gasteiger charge is 2.47. The molecule has 0 bridgehead atoms. The van der Waals surface area contributed by atoms with E-state index >= 15 is 0 Å². The summed E-state index contributed by atoms with van der Waals surface area (Å²) >= 11 is 0. The largest absolute Gasteiger partial charge is 0.488 e. The Morgan fingerprint density at radius 2 is 1.64 bits per heavy atom. The van der Waals surface area contributed by atoms with Crippen molar-refractivity contribution in [2.45, 2.75) is 104 Å². The number of nitrogens with one attached hydrogen (secondary N) is 1. The highest BCUT2D eigenvalue weighted by atomic mass is 16.5. The zero-order valence-electron chi connectivity index (χ0n) is 25.7. The molecule has 0 aromatic heterocycles. The molecule has 0 heterocycles. The first-order chi connectivity index (χ1) is 18.2. The van der Waals surface area contributed by atoms with Crippen LogP contribution in [0.2, 0.25) is 0 Å². The van der Waals surface area contributed by atoms with Gasteiger partial charge < -0.3 is 14.8 Å². The molecule has 0 saturated heterocycles. The maximum absolute atomic E-state index is 13.8. The molecule has 1 unspecified atom stereocenters. The van der Waals surface area contributed by atoms with Crippen LogP contribution in [0.5, 0.6) is 5.75 Å². The molecule has 0 amide bonds. The molecule has 2 aliphatic carbocycles. The highest BCUT2D eigenvalue weighted by molar-refractivity contribution is 6.03. The molecule has 2 aromatic rings. The van der Waals surface area contributed by atoms with Crippen molar-refractivity contribution in [3.63, 3.8) is 0 Å². The fraction of sp³-hybridized carbons (Fsp3) is 0.618. The number of hydrogen-bond donors (Lipinski definition) is 1. The molecule has 1 fully saturated rings. The third kappa shape index (κ3) is 7.24. The smallest absolute Gasteiger partial charge is 0.180 e. The Balaban J connectivity index is 1.45. The first-order valence-corrected chi connectivity index (χ1v) is 14.8. The third-order valence-electron chi connectivity index (χ3n) is 8.63. The van der Waals surface area contributed by atoms with Crippen molar-refractivity contribution >= 4 is 17.2 Å². The zero-order valence-corrected chi connectivity index (χ0v) is 25.7. The summed E-state index contributed by atoms with van der Waals surface area (Å²) in [6.07, 6.45) is 3.42. The summed E-state index contributed by atoms with van der Waals surface area (Å²) in [5, 5.41) is 3.54. The van der Waals surface area contributed by atoms with Crippen molar-refractivity contribution in [1.82, 2.24) is 4.90 Å². The van der Waals surface area contributed by atoms with Gasteiger partial charge in [0.25, 0.3) is 0 Å². The fourth-order valence-electron chi connectivity index (χ4n) is 5.70. The number of rotatable bonds is 11. The maximum atomic E-state index is 13.8. The summed E-state index contributed by atoms with van der Waals surface area (Å²) in [6.45, 7) is 22.1. The molecule has 39 heavy (non-hydrogen) atoms. The molecule has 0 aliphatic heterocycles. The van der Waals surface area contributed by atoms with Gasteiger partial charge in [-0.25, -0.2) is 0 Å². The predicted molar refractivity (Wildman–Crippen MR) is 161 cm³/mol. The van der Waals surface area contributed by atoms with E-state index < -0.39 is 0 Å². The minimum atomic E-state index is -0.322. The SMILES string of the molecule is CCN(CC1CC1)C1C(=O)c2ccc(Nc3ccc(OC(C)(C)CCOC(C)(C)C)cc3)cc2C(C)(C)[C@H]1C. The number of Topliss-reactive ketones (excluding diaryl/α,β-unsaturated/α-hetero) is 1. The topological polar surface area (TPSA) is 50.8 Å². The van der Waals surface area contributed by atoms with E-state index in [4.69, 9.17) is 9.47 Å². The number of ether oxygens (including phenoxy) is 2. The van der Waals surface area contributed by atoms with Crippen molar-refractivity contribution < 1.29 is 14.3 Å². The van der Waals surface area contributed by atoms with Crippen molar-refractivity contribution in [2.24, 2.45) is 11.8 Å². The van der Waals surface area contributed by atoms with Crippen LogP contribution in [0.1, 0.15) is 97.5 Å². The van der Waals surface area contributed by atoms with E-state index in [-0.39, 0.29) is 34.4 Å². The Hall–Kier alpha value is -2.37. The molecule has 0 radical (unpaired) electrons. The van der Waals surface area contributed by atoms with Crippen LogP contribution in [0.25, 0.3) is 0 Å². The number of hydrogen-bond acceptors (Lipinski definition) is 5. The predicted octanol–water partition coefficient (Wildman–Crippen LogP) is 8.00. The molecule has 5 nitrogen and oxygen atoms in total. The van der Waals surface area contributed by atoms with Gasteiger partial charge in [-0.2, -0.15) is 0 Å². The number of carbonyl (C=O) groups excluding carboxylic acids is 1. The van der Waals surface area contributed by atoms with Gasteiger partial charge in [-0.3, -0.25) is 9.69 Å². The number of benzene rings is 2. The molecular weight excluding hydrogens is 484 g/mol. The number of anilines is 2. The van der Waals surface area contributed by atoms with Gasteiger partial charge in [0.2, 0.25) is 0 Å². The summed E-state index contributed by atoms with van der Waals surface area (Å²) in [5.41, 5.74) is 3.43. The second-order valence-electron chi connectivity index (χ2n) is 13.8. The van der Waals surface area contributed by atoms with Crippen molar-refractivity contribution in [3.8, 4) is 5.75 Å². The lowest BCUT2D eigenvalue weighted by Crippen LogP contribution is -2.55. The lowest BCUT2D eigenvalue weighted by molar-refractivity contribution is -0.0292. The van der Waals surface area contributed by atoms with Crippen LogP contribution < -0.4 is 10.1 Å². The van der Waals surface area contributed by atoms with Crippen LogP contribution >= 0.6 is 0 Å². The van der Waals surface area contributed by atoms with Gasteiger partial charge in [0.05, 0.1) is 18.2 Å². The van der Waals surface area contributed by atoms with Crippen LogP contribution in [0.15, 0.2) is 42.5 Å². The standard InChI is InChI=1S/C34H50N2O3/c1-10-36(22-24-11-12-24)30-23(2)34(8,9)29-21-26(15-18-28(29)31(30)37)35-25-13-16-27(17-14-25)39-33(6,7)19-20-38-32(3,4)5/h13-18,21,23-24,30,35H,10-12,19-20,22H2,1-9H3/t23-,30?/m0/s1. The van der Waals surface area contributed by atoms with E-state index in [1.807, 2.05) is 36.4 Å². The van der Waals surface area contributed by atoms with E-state index in [9.17, 15) is 4.79 Å². The molecule has 5 heteroatoms. The van der Waals surface area contributed by atoms with Gasteiger partial charge in [-0.15, -0.1) is 0 Å². The van der Waals surface area contributed by atoms with E-state index in [1.165, 1.54) is 12.8 Å². The van der Waals surface area contributed by atoms with E-state index in [2.05, 4.69) is 78.6 Å². The minimum absolute atomic E-state index is 0.0475. The van der Waals surface area contributed by atoms with Gasteiger partial charge in [0.15, 0.2) is 5.78 Å². The monoisotopic (exact) mass is 534 g/mol. The molecule has 2 aliphatic rings. The van der Waals surface area contributed by atoms with E-state index in [0.717, 1.165) is 53.7 Å². The summed E-state index contributed by atoms with van der Waals surface area (Å²) in [7, 11) is 0. The van der Waals surface area contributed by atoms with Crippen LogP contribution in [0, 0.1) is 11.8 Å². The van der Waals surface area contributed by atoms with Gasteiger partial charge in [-0.1, -0.05) is 27.7 Å². The molecule has 0 spiro atoms. The molecule has 2 aromatic carbocycles. The summed E-state index contributed by atoms with van der Waals surface area (Å²) in [5.74, 6) is 2.12. The Bertz CT molecular complexity index is 1140. The lowest BCUT2D eigenvalue weighted by atomic mass is 9.63. The van der Waals surface area contributed by atoms with Gasteiger partial charge >= 0.3 is 0 Å². The van der Waals surface area contributed by atoms with Crippen LogP contribution in [-0.2, 0) is 10.2 Å². The second kappa shape index (κ2) is 11.2. The van der Waals surface area contributed by atoms with Gasteiger partial charge in [0, 0.05) is 29.9 Å². The summed E-state index contributed by atoms with van der Waals surface area (Å²) in [4.78, 5) is 16.2. The first-order valence-electron chi connectivity index (χ1n) is 14.8. The normalized spacial score (nSPS) is 21.1. The van der Waals surface area contributed by atoms with E-state index in [1.54, 1.807) is 0 Å². The van der Waals surface area contributed by atoms with Crippen LogP contribution in [-0.4, -0.2) is 47.6 Å². The van der Waals surface area contributed by atoms with Crippen molar-refractivity contribution in [2.75, 3.05) is 25.0 Å². The Morgan fingerprint density at radius 3 is 2.23 bits per heavy atom. The number of nitrogens with zero attached hydrogens (tertiary/aromatic N) is 1. The maximum Gasteiger partial charge on any atom is 0.180 e. The average Bonchev–Trinajstić information content (AvgIpc) is 3.66. The van der Waals surface area contributed by atoms with Crippen molar-refractivity contribution in [1.29, 1.82) is 0 Å². The average molecular weight is 535 g/mol. The molecule has 2 atom stereocenters. The number of likely N-dealkylation sites (N-methyl/N-ethyl adjacent to an activating group) is 1. The Morgan fingerprint density at radius 1 is 1.00 bits per heavy atom. The summed E-state index contributed by atoms with van der Waals surface area (Å²) in [6, 6.07) is 14.3. The quantitative estimate of drug-likeness (QED) is 0.316. The third-order valence-corrected chi connectivity index (χ3v) is 8.63. The van der Waals surface area contributed by atoms with Crippen LogP contribution in [0.4, 0.5) is 11.4 Å². The van der Waals surface area contributed by atoms with E-state index in [0.29, 0.717) is 6.61 Å². The molecule has 214 valence electrons. The second-order valence-corrected chi connectivity index (χ2v) is 13.8. The highest BCUT2D eigenvalue weighted by Crippen LogP contribution is 2.45. The Kier molecular flexibility index (Phi) is 8.54. The fourth-order valence-corrected chi connectivity index (χ4v) is 5.70. The zero-order chi connectivity index (χ0) is 28.6. The molecular formula is C34H50N2O3. The minimum Gasteiger partial charge on any atom is -0.488 e. The van der Waals surface area contributed by atoms with Crippen molar-refractivity contribution in [3.05, 3.63) is 53.6 Å². The van der Waals surface area contributed by atoms with Gasteiger partial charge in [-0.05, 0) is 119 Å². The number of fused-ring (bicyclic) bond motifs is 1. The lowest BCUT2D eigenvalue weighted by Gasteiger charge is -2.47. The summed E-state index contributed by atoms with van der Waals surface area (Å²) < 4.78 is 12.1. The van der Waals surface area contributed by atoms with Gasteiger partial charge in [0.1, 0.15) is 11.4 Å². The first kappa shape index (κ1) is 29.6. The van der Waals surface area contributed by atoms with Crippen LogP contribution in [0.3, 0.4) is 0 Å². The Labute approximate surface area is 236 Å². The number of carbonyl (C=O) groups is 1. The molecule has 1 saturated carbocycles. The molecule has 1 N–H and O–H groups in total. The number of ketones is 1.